The van der Waals surface area contributed by atoms with Gasteiger partial charge in [-0.3, -0.25) is 14.5 Å². The minimum Gasteiger partial charge on any atom is -0.340 e. The Balaban J connectivity index is 1.70. The first-order valence-electron chi connectivity index (χ1n) is 9.25. The van der Waals surface area contributed by atoms with Crippen LogP contribution in [0, 0.1) is 0 Å². The summed E-state index contributed by atoms with van der Waals surface area (Å²) in [7, 11) is 0. The van der Waals surface area contributed by atoms with Crippen LogP contribution in [0.5, 0.6) is 0 Å². The van der Waals surface area contributed by atoms with Crippen molar-refractivity contribution >= 4 is 16.8 Å². The van der Waals surface area contributed by atoms with E-state index < -0.39 is 0 Å². The molecule has 25 heavy (non-hydrogen) atoms. The SMILES string of the molecule is CCCC(=O)N1CCN(Cc2cc3cc(CC)ccc3[nH]c2=O)CC1. The van der Waals surface area contributed by atoms with Gasteiger partial charge in [0, 0.05) is 50.2 Å². The molecule has 1 aromatic carbocycles. The van der Waals surface area contributed by atoms with Crippen LogP contribution in [0.4, 0.5) is 0 Å². The zero-order valence-corrected chi connectivity index (χ0v) is 15.2. The maximum atomic E-state index is 12.4. The molecule has 0 radical (unpaired) electrons. The first kappa shape index (κ1) is 17.7. The zero-order valence-electron chi connectivity index (χ0n) is 15.2. The molecule has 1 saturated heterocycles. The fourth-order valence-corrected chi connectivity index (χ4v) is 3.41. The third-order valence-electron chi connectivity index (χ3n) is 4.98. The number of aromatic amines is 1. The molecule has 5 nitrogen and oxygen atoms in total. The average molecular weight is 341 g/mol. The largest absolute Gasteiger partial charge is 0.340 e. The van der Waals surface area contributed by atoms with E-state index in [0.29, 0.717) is 13.0 Å². The molecule has 5 heteroatoms. The van der Waals surface area contributed by atoms with Crippen LogP contribution < -0.4 is 5.56 Å². The number of hydrogen-bond donors (Lipinski definition) is 1. The van der Waals surface area contributed by atoms with Crippen molar-refractivity contribution in [3.63, 3.8) is 0 Å². The molecule has 0 atom stereocenters. The van der Waals surface area contributed by atoms with Gasteiger partial charge in [-0.05, 0) is 42.0 Å². The van der Waals surface area contributed by atoms with E-state index in [-0.39, 0.29) is 11.5 Å². The van der Waals surface area contributed by atoms with Gasteiger partial charge >= 0.3 is 0 Å². The summed E-state index contributed by atoms with van der Waals surface area (Å²) in [5.41, 5.74) is 2.95. The molecule has 0 aliphatic carbocycles. The number of rotatable bonds is 5. The van der Waals surface area contributed by atoms with Crippen molar-refractivity contribution in [2.75, 3.05) is 26.2 Å². The van der Waals surface area contributed by atoms with Gasteiger partial charge in [-0.1, -0.05) is 19.9 Å². The molecule has 0 spiro atoms. The van der Waals surface area contributed by atoms with Crippen LogP contribution in [0.15, 0.2) is 29.1 Å². The molecule has 1 aromatic heterocycles. The van der Waals surface area contributed by atoms with E-state index in [4.69, 9.17) is 0 Å². The lowest BCUT2D eigenvalue weighted by molar-refractivity contribution is -0.133. The maximum absolute atomic E-state index is 12.4. The summed E-state index contributed by atoms with van der Waals surface area (Å²) in [5.74, 6) is 0.248. The monoisotopic (exact) mass is 341 g/mol. The lowest BCUT2D eigenvalue weighted by Crippen LogP contribution is -2.48. The van der Waals surface area contributed by atoms with Gasteiger partial charge < -0.3 is 9.88 Å². The first-order valence-corrected chi connectivity index (χ1v) is 9.25. The number of nitrogens with one attached hydrogen (secondary N) is 1. The number of hydrogen-bond acceptors (Lipinski definition) is 3. The standard InChI is InChI=1S/C20H27N3O2/c1-3-5-19(24)23-10-8-22(9-11-23)14-17-13-16-12-15(4-2)6-7-18(16)21-20(17)25/h6-7,12-13H,3-5,8-11,14H2,1-2H3,(H,21,25). The molecule has 2 heterocycles. The molecular weight excluding hydrogens is 314 g/mol. The lowest BCUT2D eigenvalue weighted by atomic mass is 10.1. The highest BCUT2D eigenvalue weighted by Gasteiger charge is 2.21. The van der Waals surface area contributed by atoms with Crippen molar-refractivity contribution in [1.82, 2.24) is 14.8 Å². The maximum Gasteiger partial charge on any atom is 0.252 e. The van der Waals surface area contributed by atoms with Crippen molar-refractivity contribution in [1.29, 1.82) is 0 Å². The van der Waals surface area contributed by atoms with Crippen molar-refractivity contribution in [2.45, 2.75) is 39.7 Å². The number of benzene rings is 1. The van der Waals surface area contributed by atoms with Gasteiger partial charge in [0.25, 0.3) is 5.56 Å². The molecule has 1 aliphatic heterocycles. The number of pyridine rings is 1. The number of carbonyl (C=O) groups is 1. The van der Waals surface area contributed by atoms with Gasteiger partial charge in [-0.15, -0.1) is 0 Å². The summed E-state index contributed by atoms with van der Waals surface area (Å²) < 4.78 is 0. The summed E-state index contributed by atoms with van der Waals surface area (Å²) in [6, 6.07) is 8.21. The number of aryl methyl sites for hydroxylation is 1. The van der Waals surface area contributed by atoms with Crippen molar-refractivity contribution in [2.24, 2.45) is 0 Å². The minimum absolute atomic E-state index is 0.0127. The number of nitrogens with zero attached hydrogens (tertiary/aromatic N) is 2. The first-order chi connectivity index (χ1) is 12.1. The van der Waals surface area contributed by atoms with Crippen LogP contribution in [0.1, 0.15) is 37.8 Å². The van der Waals surface area contributed by atoms with E-state index in [1.807, 2.05) is 24.0 Å². The summed E-state index contributed by atoms with van der Waals surface area (Å²) in [5, 5.41) is 1.09. The molecule has 1 aliphatic rings. The lowest BCUT2D eigenvalue weighted by Gasteiger charge is -2.34. The Morgan fingerprint density at radius 1 is 1.12 bits per heavy atom. The fourth-order valence-electron chi connectivity index (χ4n) is 3.41. The van der Waals surface area contributed by atoms with E-state index in [0.717, 1.165) is 55.5 Å². The summed E-state index contributed by atoms with van der Waals surface area (Å²) in [4.78, 5) is 31.5. The fraction of sp³-hybridized carbons (Fsp3) is 0.500. The molecule has 1 amide bonds. The average Bonchev–Trinajstić information content (AvgIpc) is 2.63. The Morgan fingerprint density at radius 3 is 2.56 bits per heavy atom. The van der Waals surface area contributed by atoms with Crippen LogP contribution in [0.25, 0.3) is 10.9 Å². The van der Waals surface area contributed by atoms with E-state index >= 15 is 0 Å². The smallest absolute Gasteiger partial charge is 0.252 e. The summed E-state index contributed by atoms with van der Waals surface area (Å²) in [6.07, 6.45) is 2.51. The van der Waals surface area contributed by atoms with Gasteiger partial charge in [0.05, 0.1) is 0 Å². The molecule has 134 valence electrons. The topological polar surface area (TPSA) is 56.4 Å². The number of aromatic nitrogens is 1. The number of amides is 1. The summed E-state index contributed by atoms with van der Waals surface area (Å²) >= 11 is 0. The van der Waals surface area contributed by atoms with Crippen LogP contribution >= 0.6 is 0 Å². The molecule has 0 saturated carbocycles. The number of carbonyl (C=O) groups excluding carboxylic acids is 1. The molecule has 1 N–H and O–H groups in total. The van der Waals surface area contributed by atoms with Gasteiger partial charge in [0.2, 0.25) is 5.91 Å². The Labute approximate surface area is 148 Å². The van der Waals surface area contributed by atoms with E-state index in [2.05, 4.69) is 28.9 Å². The van der Waals surface area contributed by atoms with Gasteiger partial charge in [-0.2, -0.15) is 0 Å². The van der Waals surface area contributed by atoms with Crippen molar-refractivity contribution < 1.29 is 4.79 Å². The third kappa shape index (κ3) is 4.10. The van der Waals surface area contributed by atoms with Crippen molar-refractivity contribution in [3.05, 3.63) is 45.7 Å². The van der Waals surface area contributed by atoms with Gasteiger partial charge in [-0.25, -0.2) is 0 Å². The second-order valence-electron chi connectivity index (χ2n) is 6.81. The molecule has 0 bridgehead atoms. The minimum atomic E-state index is -0.0127. The number of piperazine rings is 1. The predicted molar refractivity (Wildman–Crippen MR) is 101 cm³/mol. The quantitative estimate of drug-likeness (QED) is 0.909. The Bertz CT molecular complexity index is 804. The molecule has 1 fully saturated rings. The van der Waals surface area contributed by atoms with Gasteiger partial charge in [0.15, 0.2) is 0 Å². The van der Waals surface area contributed by atoms with Crippen molar-refractivity contribution in [3.8, 4) is 0 Å². The van der Waals surface area contributed by atoms with E-state index in [9.17, 15) is 9.59 Å². The molecular formula is C20H27N3O2. The van der Waals surface area contributed by atoms with E-state index in [1.165, 1.54) is 5.56 Å². The molecule has 0 unspecified atom stereocenters. The second kappa shape index (κ2) is 7.83. The number of fused-ring (bicyclic) bond motifs is 1. The highest BCUT2D eigenvalue weighted by Crippen LogP contribution is 2.16. The van der Waals surface area contributed by atoms with E-state index in [1.54, 1.807) is 0 Å². The Morgan fingerprint density at radius 2 is 1.88 bits per heavy atom. The molecule has 3 rings (SSSR count). The normalized spacial score (nSPS) is 15.7. The van der Waals surface area contributed by atoms with Crippen LogP contribution in [0.3, 0.4) is 0 Å². The Kier molecular flexibility index (Phi) is 5.53. The predicted octanol–water partition coefficient (Wildman–Crippen LogP) is 2.53. The Hall–Kier alpha value is -2.14. The van der Waals surface area contributed by atoms with Gasteiger partial charge in [0.1, 0.15) is 0 Å². The molecule has 2 aromatic rings. The third-order valence-corrected chi connectivity index (χ3v) is 4.98. The van der Waals surface area contributed by atoms with Crippen LogP contribution in [-0.2, 0) is 17.8 Å². The highest BCUT2D eigenvalue weighted by atomic mass is 16.2. The summed E-state index contributed by atoms with van der Waals surface area (Å²) in [6.45, 7) is 7.95. The van der Waals surface area contributed by atoms with Crippen LogP contribution in [-0.4, -0.2) is 46.9 Å². The second-order valence-corrected chi connectivity index (χ2v) is 6.81. The highest BCUT2D eigenvalue weighted by molar-refractivity contribution is 5.79. The van der Waals surface area contributed by atoms with Crippen LogP contribution in [0.2, 0.25) is 0 Å². The zero-order chi connectivity index (χ0) is 17.8. The number of H-pyrrole nitrogens is 1.